The smallest absolute Gasteiger partial charge is 0.271 e. The molecule has 164 valence electrons. The summed E-state index contributed by atoms with van der Waals surface area (Å²) < 4.78 is 12.9. The molecule has 4 rings (SSSR count). The van der Waals surface area contributed by atoms with Crippen molar-refractivity contribution in [2.45, 2.75) is 71.0 Å². The molecule has 0 saturated heterocycles. The second-order valence-corrected chi connectivity index (χ2v) is 9.00. The Morgan fingerprint density at radius 2 is 2.10 bits per heavy atom. The highest BCUT2D eigenvalue weighted by Gasteiger charge is 2.48. The fourth-order valence-corrected chi connectivity index (χ4v) is 4.84. The topological polar surface area (TPSA) is 76.7 Å². The van der Waals surface area contributed by atoms with E-state index in [0.717, 1.165) is 37.1 Å². The first-order valence-electron chi connectivity index (χ1n) is 11.2. The Labute approximate surface area is 177 Å². The van der Waals surface area contributed by atoms with Crippen molar-refractivity contribution >= 4 is 22.9 Å². The third-order valence-corrected chi connectivity index (χ3v) is 6.76. The van der Waals surface area contributed by atoms with Crippen LogP contribution in [0.4, 0.5) is 0 Å². The molecule has 0 aromatic carbocycles. The molecule has 1 aliphatic carbocycles. The van der Waals surface area contributed by atoms with Crippen LogP contribution in [-0.2, 0) is 16.1 Å². The van der Waals surface area contributed by atoms with Gasteiger partial charge >= 0.3 is 0 Å². The molecule has 0 bridgehead atoms. The molecule has 0 radical (unpaired) electrons. The van der Waals surface area contributed by atoms with Crippen molar-refractivity contribution in [1.29, 1.82) is 0 Å². The molecule has 0 unspecified atom stereocenters. The number of rotatable bonds is 7. The molecule has 2 aliphatic rings. The van der Waals surface area contributed by atoms with Gasteiger partial charge in [0.1, 0.15) is 11.2 Å². The van der Waals surface area contributed by atoms with E-state index in [1.54, 1.807) is 17.2 Å². The number of hydrogen-bond donors (Lipinski definition) is 1. The molecule has 1 aliphatic heterocycles. The van der Waals surface area contributed by atoms with Crippen LogP contribution in [0.3, 0.4) is 0 Å². The van der Waals surface area contributed by atoms with Crippen molar-refractivity contribution < 1.29 is 18.7 Å². The molecule has 30 heavy (non-hydrogen) atoms. The van der Waals surface area contributed by atoms with Crippen LogP contribution in [0.25, 0.3) is 11.1 Å². The Bertz CT molecular complexity index is 909. The maximum absolute atomic E-state index is 13.5. The number of amides is 2. The minimum atomic E-state index is -0.956. The van der Waals surface area contributed by atoms with E-state index in [0.29, 0.717) is 44.0 Å². The van der Waals surface area contributed by atoms with Crippen molar-refractivity contribution in [3.63, 3.8) is 0 Å². The molecule has 1 N–H and O–H groups in total. The van der Waals surface area contributed by atoms with Gasteiger partial charge in [0.05, 0.1) is 18.3 Å². The number of aromatic nitrogens is 1. The van der Waals surface area contributed by atoms with Gasteiger partial charge in [0.15, 0.2) is 5.58 Å². The van der Waals surface area contributed by atoms with Crippen molar-refractivity contribution in [2.75, 3.05) is 19.8 Å². The third kappa shape index (κ3) is 3.75. The lowest BCUT2D eigenvalue weighted by Crippen LogP contribution is -2.65. The van der Waals surface area contributed by atoms with Crippen LogP contribution >= 0.6 is 0 Å². The summed E-state index contributed by atoms with van der Waals surface area (Å²) in [6.45, 7) is 8.23. The molecule has 2 aromatic heterocycles. The Kier molecular flexibility index (Phi) is 5.91. The second kappa shape index (κ2) is 8.46. The Balaban J connectivity index is 1.60. The SMILES string of the molecule is CCOCCCN1C(=O)c2cc3occc3n2C[C@@]1(C)C(=O)NC1CCC(C)CC1. The fraction of sp³-hybridized carbons (Fsp3) is 0.652. The number of furan rings is 1. The molecule has 0 spiro atoms. The van der Waals surface area contributed by atoms with Crippen LogP contribution in [0.2, 0.25) is 0 Å². The van der Waals surface area contributed by atoms with Crippen molar-refractivity contribution in [3.8, 4) is 0 Å². The zero-order valence-corrected chi connectivity index (χ0v) is 18.3. The molecule has 1 fully saturated rings. The second-order valence-electron chi connectivity index (χ2n) is 9.00. The number of carbonyl (C=O) groups excluding carboxylic acids is 2. The number of nitrogens with one attached hydrogen (secondary N) is 1. The first kappa shape index (κ1) is 21.0. The van der Waals surface area contributed by atoms with Gasteiger partial charge in [0, 0.05) is 37.9 Å². The summed E-state index contributed by atoms with van der Waals surface area (Å²) in [5, 5.41) is 3.27. The molecular weight excluding hydrogens is 382 g/mol. The Morgan fingerprint density at radius 3 is 2.83 bits per heavy atom. The largest absolute Gasteiger partial charge is 0.463 e. The average molecular weight is 416 g/mol. The minimum Gasteiger partial charge on any atom is -0.463 e. The van der Waals surface area contributed by atoms with Crippen LogP contribution in [0, 0.1) is 5.92 Å². The van der Waals surface area contributed by atoms with Gasteiger partial charge in [-0.25, -0.2) is 0 Å². The van der Waals surface area contributed by atoms with E-state index >= 15 is 0 Å². The zero-order valence-electron chi connectivity index (χ0n) is 18.3. The van der Waals surface area contributed by atoms with Gasteiger partial charge in [-0.1, -0.05) is 6.92 Å². The molecule has 2 amide bonds. The molecular formula is C23H33N3O4. The molecule has 1 atom stereocenters. The van der Waals surface area contributed by atoms with Crippen LogP contribution < -0.4 is 5.32 Å². The summed E-state index contributed by atoms with van der Waals surface area (Å²) >= 11 is 0. The van der Waals surface area contributed by atoms with Crippen LogP contribution in [-0.4, -0.2) is 52.6 Å². The maximum atomic E-state index is 13.5. The highest BCUT2D eigenvalue weighted by molar-refractivity contribution is 6.02. The zero-order chi connectivity index (χ0) is 21.3. The van der Waals surface area contributed by atoms with E-state index in [1.165, 1.54) is 0 Å². The summed E-state index contributed by atoms with van der Waals surface area (Å²) in [5.41, 5.74) is 1.16. The molecule has 7 heteroatoms. The van der Waals surface area contributed by atoms with E-state index in [4.69, 9.17) is 9.15 Å². The van der Waals surface area contributed by atoms with Gasteiger partial charge in [-0.2, -0.15) is 0 Å². The van der Waals surface area contributed by atoms with Gasteiger partial charge in [0.25, 0.3) is 5.91 Å². The summed E-state index contributed by atoms with van der Waals surface area (Å²) in [6.07, 6.45) is 6.59. The monoisotopic (exact) mass is 415 g/mol. The van der Waals surface area contributed by atoms with Crippen LogP contribution in [0.5, 0.6) is 0 Å². The van der Waals surface area contributed by atoms with E-state index in [-0.39, 0.29) is 17.9 Å². The van der Waals surface area contributed by atoms with E-state index in [9.17, 15) is 9.59 Å². The standard InChI is InChI=1S/C23H33N3O4/c1-4-29-12-5-11-26-21(27)19-14-20-18(10-13-30-20)25(19)15-23(26,3)22(28)24-17-8-6-16(2)7-9-17/h10,13-14,16-17H,4-9,11-12,15H2,1-3H3,(H,24,28)/t16?,17?,23-/m0/s1. The van der Waals surface area contributed by atoms with E-state index in [1.807, 2.05) is 24.5 Å². The van der Waals surface area contributed by atoms with Gasteiger partial charge in [-0.05, 0) is 51.9 Å². The van der Waals surface area contributed by atoms with Crippen molar-refractivity contribution in [2.24, 2.45) is 5.92 Å². The number of ether oxygens (including phenoxy) is 1. The number of nitrogens with zero attached hydrogens (tertiary/aromatic N) is 2. The quantitative estimate of drug-likeness (QED) is 0.702. The number of carbonyl (C=O) groups is 2. The normalized spacial score (nSPS) is 26.8. The summed E-state index contributed by atoms with van der Waals surface area (Å²) in [5.74, 6) is 0.527. The number of fused-ring (bicyclic) bond motifs is 3. The van der Waals surface area contributed by atoms with E-state index < -0.39 is 5.54 Å². The van der Waals surface area contributed by atoms with Crippen LogP contribution in [0.1, 0.15) is 63.4 Å². The first-order valence-corrected chi connectivity index (χ1v) is 11.2. The summed E-state index contributed by atoms with van der Waals surface area (Å²) in [4.78, 5) is 28.7. The highest BCUT2D eigenvalue weighted by Crippen LogP contribution is 2.33. The third-order valence-electron chi connectivity index (χ3n) is 6.76. The Morgan fingerprint density at radius 1 is 1.33 bits per heavy atom. The first-order chi connectivity index (χ1) is 14.4. The lowest BCUT2D eigenvalue weighted by Gasteiger charge is -2.45. The molecule has 7 nitrogen and oxygen atoms in total. The molecule has 1 saturated carbocycles. The molecule has 3 heterocycles. The molecule has 2 aromatic rings. The maximum Gasteiger partial charge on any atom is 0.271 e. The predicted molar refractivity (Wildman–Crippen MR) is 114 cm³/mol. The minimum absolute atomic E-state index is 0.0668. The Hall–Kier alpha value is -2.28. The predicted octanol–water partition coefficient (Wildman–Crippen LogP) is 3.57. The van der Waals surface area contributed by atoms with Gasteiger partial charge in [-0.15, -0.1) is 0 Å². The lowest BCUT2D eigenvalue weighted by atomic mass is 9.86. The highest BCUT2D eigenvalue weighted by atomic mass is 16.5. The fourth-order valence-electron chi connectivity index (χ4n) is 4.84. The van der Waals surface area contributed by atoms with Gasteiger partial charge in [0.2, 0.25) is 5.91 Å². The van der Waals surface area contributed by atoms with Crippen molar-refractivity contribution in [1.82, 2.24) is 14.8 Å². The van der Waals surface area contributed by atoms with Gasteiger partial charge < -0.3 is 23.9 Å². The van der Waals surface area contributed by atoms with Crippen LogP contribution in [0.15, 0.2) is 22.8 Å². The average Bonchev–Trinajstić information content (AvgIpc) is 3.31. The summed E-state index contributed by atoms with van der Waals surface area (Å²) in [7, 11) is 0. The number of hydrogen-bond acceptors (Lipinski definition) is 4. The lowest BCUT2D eigenvalue weighted by molar-refractivity contribution is -0.134. The summed E-state index contributed by atoms with van der Waals surface area (Å²) in [6, 6.07) is 3.83. The van der Waals surface area contributed by atoms with E-state index in [2.05, 4.69) is 12.2 Å². The van der Waals surface area contributed by atoms with Crippen molar-refractivity contribution in [3.05, 3.63) is 24.1 Å². The van der Waals surface area contributed by atoms with Gasteiger partial charge in [-0.3, -0.25) is 9.59 Å².